The molecule has 15 heavy (non-hydrogen) atoms. The van der Waals surface area contributed by atoms with E-state index in [0.29, 0.717) is 5.17 Å². The summed E-state index contributed by atoms with van der Waals surface area (Å²) in [5.74, 6) is 0. The van der Waals surface area contributed by atoms with Crippen LogP contribution in [0.2, 0.25) is 0 Å². The molecule has 3 heteroatoms. The fourth-order valence-electron chi connectivity index (χ4n) is 1.02. The summed E-state index contributed by atoms with van der Waals surface area (Å²) in [6.45, 7) is 10.4. The van der Waals surface area contributed by atoms with Gasteiger partial charge in [0.05, 0.1) is 0 Å². The minimum Gasteiger partial charge on any atom is -0.464 e. The van der Waals surface area contributed by atoms with Gasteiger partial charge in [-0.1, -0.05) is 19.9 Å². The Hall–Kier alpha value is -0.570. The quantitative estimate of drug-likeness (QED) is 0.589. The third-order valence-corrected chi connectivity index (χ3v) is 1.92. The van der Waals surface area contributed by atoms with Crippen molar-refractivity contribution in [1.29, 1.82) is 0 Å². The summed E-state index contributed by atoms with van der Waals surface area (Å²) < 4.78 is 5.61. The van der Waals surface area contributed by atoms with Gasteiger partial charge >= 0.3 is 0 Å². The van der Waals surface area contributed by atoms with Gasteiger partial charge in [0.1, 0.15) is 6.10 Å². The monoisotopic (exact) mass is 229 g/mol. The van der Waals surface area contributed by atoms with E-state index in [9.17, 15) is 0 Å². The Morgan fingerprint density at radius 1 is 1.40 bits per heavy atom. The summed E-state index contributed by atoms with van der Waals surface area (Å²) in [6.07, 6.45) is 6.22. The SMILES string of the molecule is CC/C=C/[C@@H](CC)OC(=S)NC(C)(C)C. The Morgan fingerprint density at radius 3 is 2.40 bits per heavy atom. The molecule has 2 nitrogen and oxygen atoms in total. The average Bonchev–Trinajstić information content (AvgIpc) is 2.09. The van der Waals surface area contributed by atoms with E-state index in [4.69, 9.17) is 17.0 Å². The highest BCUT2D eigenvalue weighted by Crippen LogP contribution is 2.05. The molecule has 88 valence electrons. The fourth-order valence-corrected chi connectivity index (χ4v) is 1.45. The van der Waals surface area contributed by atoms with E-state index in [1.54, 1.807) is 0 Å². The lowest BCUT2D eigenvalue weighted by Crippen LogP contribution is -2.41. The van der Waals surface area contributed by atoms with Crippen LogP contribution in [-0.2, 0) is 4.74 Å². The van der Waals surface area contributed by atoms with Crippen molar-refractivity contribution in [2.45, 2.75) is 59.1 Å². The van der Waals surface area contributed by atoms with E-state index in [2.05, 4.69) is 52.1 Å². The molecule has 0 amide bonds. The van der Waals surface area contributed by atoms with Crippen molar-refractivity contribution >= 4 is 17.4 Å². The van der Waals surface area contributed by atoms with Gasteiger partial charge in [-0.25, -0.2) is 0 Å². The number of rotatable bonds is 4. The van der Waals surface area contributed by atoms with Crippen LogP contribution in [0.25, 0.3) is 0 Å². The second-order valence-corrected chi connectivity index (χ2v) is 4.93. The van der Waals surface area contributed by atoms with Crippen molar-refractivity contribution in [2.24, 2.45) is 0 Å². The second-order valence-electron chi connectivity index (χ2n) is 4.56. The van der Waals surface area contributed by atoms with E-state index >= 15 is 0 Å². The third-order valence-electron chi connectivity index (χ3n) is 1.72. The smallest absolute Gasteiger partial charge is 0.257 e. The number of allylic oxidation sites excluding steroid dienone is 1. The molecule has 0 aromatic rings. The number of thiocarbonyl (C=S) groups is 1. The summed E-state index contributed by atoms with van der Waals surface area (Å²) in [7, 11) is 0. The maximum Gasteiger partial charge on any atom is 0.257 e. The first-order chi connectivity index (χ1) is 6.89. The molecule has 0 rings (SSSR count). The summed E-state index contributed by atoms with van der Waals surface area (Å²) in [4.78, 5) is 0. The van der Waals surface area contributed by atoms with Crippen LogP contribution in [0.4, 0.5) is 0 Å². The molecule has 0 heterocycles. The first-order valence-corrected chi connectivity index (χ1v) is 5.95. The highest BCUT2D eigenvalue weighted by molar-refractivity contribution is 7.80. The van der Waals surface area contributed by atoms with E-state index < -0.39 is 0 Å². The van der Waals surface area contributed by atoms with E-state index in [1.807, 2.05) is 0 Å². The van der Waals surface area contributed by atoms with Crippen LogP contribution in [0.3, 0.4) is 0 Å². The Labute approximate surface area is 99.1 Å². The third kappa shape index (κ3) is 8.43. The summed E-state index contributed by atoms with van der Waals surface area (Å²) >= 11 is 5.13. The lowest BCUT2D eigenvalue weighted by molar-refractivity contribution is 0.219. The summed E-state index contributed by atoms with van der Waals surface area (Å²) in [5, 5.41) is 3.62. The molecular weight excluding hydrogens is 206 g/mol. The van der Waals surface area contributed by atoms with E-state index in [1.165, 1.54) is 0 Å². The Bertz CT molecular complexity index is 218. The normalized spacial score (nSPS) is 13.9. The molecule has 1 atom stereocenters. The van der Waals surface area contributed by atoms with Gasteiger partial charge in [0.25, 0.3) is 5.17 Å². The molecule has 0 fully saturated rings. The van der Waals surface area contributed by atoms with Crippen LogP contribution >= 0.6 is 12.2 Å². The molecule has 0 saturated heterocycles. The second kappa shape index (κ2) is 6.83. The fraction of sp³-hybridized carbons (Fsp3) is 0.750. The molecule has 0 aliphatic carbocycles. The van der Waals surface area contributed by atoms with Crippen molar-refractivity contribution in [2.75, 3.05) is 0 Å². The minimum absolute atomic E-state index is 0.0379. The molecule has 0 aliphatic heterocycles. The predicted octanol–water partition coefficient (Wildman–Crippen LogP) is 3.42. The lowest BCUT2D eigenvalue weighted by Gasteiger charge is -2.24. The number of hydrogen-bond acceptors (Lipinski definition) is 2. The summed E-state index contributed by atoms with van der Waals surface area (Å²) in [6, 6.07) is 0. The van der Waals surface area contributed by atoms with Crippen LogP contribution in [0.15, 0.2) is 12.2 Å². The molecule has 0 aromatic carbocycles. The van der Waals surface area contributed by atoms with Gasteiger partial charge in [-0.05, 0) is 51.9 Å². The predicted molar refractivity (Wildman–Crippen MR) is 70.1 cm³/mol. The van der Waals surface area contributed by atoms with Crippen LogP contribution < -0.4 is 5.32 Å². The topological polar surface area (TPSA) is 21.3 Å². The maximum atomic E-state index is 5.61. The summed E-state index contributed by atoms with van der Waals surface area (Å²) in [5.41, 5.74) is -0.0379. The van der Waals surface area contributed by atoms with Gasteiger partial charge < -0.3 is 10.1 Å². The molecule has 0 radical (unpaired) electrons. The van der Waals surface area contributed by atoms with Gasteiger partial charge in [0, 0.05) is 5.54 Å². The number of hydrogen-bond donors (Lipinski definition) is 1. The Morgan fingerprint density at radius 2 is 2.00 bits per heavy atom. The van der Waals surface area contributed by atoms with Crippen molar-refractivity contribution < 1.29 is 4.74 Å². The molecular formula is C12H23NOS. The maximum absolute atomic E-state index is 5.61. The van der Waals surface area contributed by atoms with Crippen LogP contribution in [-0.4, -0.2) is 16.8 Å². The Kier molecular flexibility index (Phi) is 6.57. The molecule has 0 saturated carbocycles. The zero-order valence-electron chi connectivity index (χ0n) is 10.5. The zero-order valence-corrected chi connectivity index (χ0v) is 11.3. The highest BCUT2D eigenvalue weighted by Gasteiger charge is 2.13. The minimum atomic E-state index is -0.0379. The first kappa shape index (κ1) is 14.4. The van der Waals surface area contributed by atoms with Gasteiger partial charge in [0.2, 0.25) is 0 Å². The molecule has 0 bridgehead atoms. The molecule has 0 aliphatic rings. The van der Waals surface area contributed by atoms with Crippen LogP contribution in [0.5, 0.6) is 0 Å². The van der Waals surface area contributed by atoms with Crippen molar-refractivity contribution in [3.8, 4) is 0 Å². The van der Waals surface area contributed by atoms with Crippen LogP contribution in [0.1, 0.15) is 47.5 Å². The number of ether oxygens (including phenoxy) is 1. The molecule has 0 unspecified atom stereocenters. The van der Waals surface area contributed by atoms with Gasteiger partial charge in [-0.15, -0.1) is 0 Å². The largest absolute Gasteiger partial charge is 0.464 e. The van der Waals surface area contributed by atoms with Crippen molar-refractivity contribution in [1.82, 2.24) is 5.32 Å². The average molecular weight is 229 g/mol. The van der Waals surface area contributed by atoms with Crippen LogP contribution in [0, 0.1) is 0 Å². The lowest BCUT2D eigenvalue weighted by atomic mass is 10.1. The van der Waals surface area contributed by atoms with Crippen molar-refractivity contribution in [3.05, 3.63) is 12.2 Å². The molecule has 0 aromatic heterocycles. The van der Waals surface area contributed by atoms with E-state index in [0.717, 1.165) is 12.8 Å². The van der Waals surface area contributed by atoms with Gasteiger partial charge in [0.15, 0.2) is 0 Å². The number of nitrogens with one attached hydrogen (secondary N) is 1. The van der Waals surface area contributed by atoms with E-state index in [-0.39, 0.29) is 11.6 Å². The van der Waals surface area contributed by atoms with Crippen molar-refractivity contribution in [3.63, 3.8) is 0 Å². The first-order valence-electron chi connectivity index (χ1n) is 5.54. The zero-order chi connectivity index (χ0) is 11.9. The van der Waals surface area contributed by atoms with Gasteiger partial charge in [-0.3, -0.25) is 0 Å². The standard InChI is InChI=1S/C12H23NOS/c1-6-8-9-10(7-2)14-11(15)13-12(3,4)5/h8-10H,6-7H2,1-5H3,(H,13,15)/b9-8+/t10-/m1/s1. The highest BCUT2D eigenvalue weighted by atomic mass is 32.1. The Balaban J connectivity index is 4.07. The molecule has 0 spiro atoms. The van der Waals surface area contributed by atoms with Gasteiger partial charge in [-0.2, -0.15) is 0 Å². The molecule has 1 N–H and O–H groups in total.